The van der Waals surface area contributed by atoms with E-state index in [2.05, 4.69) is 24.3 Å². The quantitative estimate of drug-likeness (QED) is 0.705. The van der Waals surface area contributed by atoms with Gasteiger partial charge in [-0.1, -0.05) is 42.5 Å². The second kappa shape index (κ2) is 4.07. The molecule has 0 bridgehead atoms. The van der Waals surface area contributed by atoms with Gasteiger partial charge in [-0.3, -0.25) is 4.79 Å². The number of para-hydroxylation sites is 1. The van der Waals surface area contributed by atoms with E-state index in [4.69, 9.17) is 0 Å². The number of benzene rings is 2. The van der Waals surface area contributed by atoms with E-state index in [0.29, 0.717) is 6.54 Å². The standard InChI is InChI=1S/C18H15NO/c1-12(20)19-11-13-6-2-3-7-14(13)16-10-17(16)15-8-4-5-9-18(15)19/h2-9H,10-11H2,1H3. The summed E-state index contributed by atoms with van der Waals surface area (Å²) in [6, 6.07) is 16.7. The normalized spacial score (nSPS) is 15.8. The van der Waals surface area contributed by atoms with Crippen molar-refractivity contribution in [2.75, 3.05) is 4.90 Å². The van der Waals surface area contributed by atoms with E-state index in [1.807, 2.05) is 29.2 Å². The lowest BCUT2D eigenvalue weighted by Gasteiger charge is -2.25. The molecule has 2 aromatic rings. The van der Waals surface area contributed by atoms with Gasteiger partial charge in [0, 0.05) is 12.5 Å². The first-order chi connectivity index (χ1) is 9.75. The summed E-state index contributed by atoms with van der Waals surface area (Å²) in [5, 5.41) is 0. The number of hydrogen-bond acceptors (Lipinski definition) is 1. The largest absolute Gasteiger partial charge is 0.308 e. The van der Waals surface area contributed by atoms with Gasteiger partial charge in [0.15, 0.2) is 0 Å². The van der Waals surface area contributed by atoms with Crippen LogP contribution in [-0.2, 0) is 11.3 Å². The number of rotatable bonds is 0. The van der Waals surface area contributed by atoms with Crippen molar-refractivity contribution >= 4 is 22.7 Å². The minimum atomic E-state index is 0.0944. The molecular formula is C18H15NO. The molecule has 0 fully saturated rings. The molecule has 0 radical (unpaired) electrons. The number of nitrogens with zero attached hydrogens (tertiary/aromatic N) is 1. The fraction of sp³-hybridized carbons (Fsp3) is 0.167. The van der Waals surface area contributed by atoms with Gasteiger partial charge in [-0.25, -0.2) is 0 Å². The lowest BCUT2D eigenvalue weighted by Crippen LogP contribution is -2.29. The van der Waals surface area contributed by atoms with E-state index >= 15 is 0 Å². The molecule has 98 valence electrons. The molecular weight excluding hydrogens is 246 g/mol. The van der Waals surface area contributed by atoms with Crippen molar-refractivity contribution in [3.05, 3.63) is 65.2 Å². The SMILES string of the molecule is CC(=O)N1Cc2ccccc2C2=C(C2)c2ccccc21. The number of amides is 1. The summed E-state index contributed by atoms with van der Waals surface area (Å²) < 4.78 is 0. The van der Waals surface area contributed by atoms with Gasteiger partial charge in [0.1, 0.15) is 0 Å². The van der Waals surface area contributed by atoms with Crippen LogP contribution < -0.4 is 4.90 Å². The fourth-order valence-corrected chi connectivity index (χ4v) is 3.10. The van der Waals surface area contributed by atoms with Crippen LogP contribution in [0.15, 0.2) is 48.5 Å². The van der Waals surface area contributed by atoms with Crippen LogP contribution >= 0.6 is 0 Å². The zero-order valence-corrected chi connectivity index (χ0v) is 11.4. The predicted molar refractivity (Wildman–Crippen MR) is 81.2 cm³/mol. The van der Waals surface area contributed by atoms with Crippen molar-refractivity contribution in [3.63, 3.8) is 0 Å². The summed E-state index contributed by atoms with van der Waals surface area (Å²) in [6.07, 6.45) is 1.04. The maximum absolute atomic E-state index is 12.1. The maximum Gasteiger partial charge on any atom is 0.224 e. The number of anilines is 1. The van der Waals surface area contributed by atoms with E-state index in [0.717, 1.165) is 12.1 Å². The molecule has 0 N–H and O–H groups in total. The van der Waals surface area contributed by atoms with Crippen LogP contribution in [0, 0.1) is 0 Å². The second-order valence-corrected chi connectivity index (χ2v) is 5.41. The molecule has 0 spiro atoms. The molecule has 1 aliphatic heterocycles. The third-order valence-electron chi connectivity index (χ3n) is 4.16. The average Bonchev–Trinajstić information content (AvgIpc) is 3.23. The molecule has 2 aromatic carbocycles. The van der Waals surface area contributed by atoms with Crippen molar-refractivity contribution in [3.8, 4) is 0 Å². The van der Waals surface area contributed by atoms with Crippen molar-refractivity contribution < 1.29 is 4.79 Å². The zero-order valence-electron chi connectivity index (χ0n) is 11.4. The third kappa shape index (κ3) is 1.61. The lowest BCUT2D eigenvalue weighted by atomic mass is 10.0. The molecule has 0 saturated carbocycles. The molecule has 2 nitrogen and oxygen atoms in total. The van der Waals surface area contributed by atoms with Crippen LogP contribution in [0.5, 0.6) is 0 Å². The summed E-state index contributed by atoms with van der Waals surface area (Å²) in [7, 11) is 0. The summed E-state index contributed by atoms with van der Waals surface area (Å²) in [6.45, 7) is 2.29. The zero-order chi connectivity index (χ0) is 13.7. The Bertz CT molecular complexity index is 758. The topological polar surface area (TPSA) is 20.3 Å². The van der Waals surface area contributed by atoms with Crippen LogP contribution in [0.4, 0.5) is 5.69 Å². The van der Waals surface area contributed by atoms with Crippen molar-refractivity contribution in [1.82, 2.24) is 0 Å². The van der Waals surface area contributed by atoms with E-state index in [1.54, 1.807) is 6.92 Å². The fourth-order valence-electron chi connectivity index (χ4n) is 3.10. The highest BCUT2D eigenvalue weighted by atomic mass is 16.2. The molecule has 0 saturated heterocycles. The Morgan fingerprint density at radius 2 is 1.60 bits per heavy atom. The van der Waals surface area contributed by atoms with Gasteiger partial charge >= 0.3 is 0 Å². The first-order valence-electron chi connectivity index (χ1n) is 6.93. The van der Waals surface area contributed by atoms with E-state index < -0.39 is 0 Å². The molecule has 1 heterocycles. The second-order valence-electron chi connectivity index (χ2n) is 5.41. The minimum Gasteiger partial charge on any atom is -0.308 e. The Hall–Kier alpha value is -2.35. The molecule has 1 aliphatic carbocycles. The molecule has 2 aliphatic rings. The van der Waals surface area contributed by atoms with Crippen LogP contribution in [0.3, 0.4) is 0 Å². The highest BCUT2D eigenvalue weighted by Gasteiger charge is 2.32. The Kier molecular flexibility index (Phi) is 2.34. The predicted octanol–water partition coefficient (Wildman–Crippen LogP) is 3.87. The Balaban J connectivity index is 1.99. The van der Waals surface area contributed by atoms with Gasteiger partial charge in [-0.05, 0) is 34.8 Å². The van der Waals surface area contributed by atoms with Gasteiger partial charge in [-0.2, -0.15) is 0 Å². The van der Waals surface area contributed by atoms with Crippen molar-refractivity contribution in [2.45, 2.75) is 19.9 Å². The van der Waals surface area contributed by atoms with Gasteiger partial charge in [0.05, 0.1) is 12.2 Å². The smallest absolute Gasteiger partial charge is 0.224 e. The summed E-state index contributed by atoms with van der Waals surface area (Å²) >= 11 is 0. The van der Waals surface area contributed by atoms with Gasteiger partial charge in [-0.15, -0.1) is 0 Å². The summed E-state index contributed by atoms with van der Waals surface area (Å²) in [4.78, 5) is 14.0. The molecule has 0 unspecified atom stereocenters. The van der Waals surface area contributed by atoms with Crippen LogP contribution in [-0.4, -0.2) is 5.91 Å². The van der Waals surface area contributed by atoms with Crippen molar-refractivity contribution in [2.24, 2.45) is 0 Å². The lowest BCUT2D eigenvalue weighted by molar-refractivity contribution is -0.116. The van der Waals surface area contributed by atoms with Crippen LogP contribution in [0.1, 0.15) is 30.0 Å². The Morgan fingerprint density at radius 1 is 0.950 bits per heavy atom. The van der Waals surface area contributed by atoms with Crippen LogP contribution in [0.2, 0.25) is 0 Å². The molecule has 1 amide bonds. The first kappa shape index (κ1) is 11.5. The molecule has 0 aromatic heterocycles. The van der Waals surface area contributed by atoms with E-state index in [-0.39, 0.29) is 5.91 Å². The molecule has 0 atom stereocenters. The van der Waals surface area contributed by atoms with Crippen LogP contribution in [0.25, 0.3) is 11.1 Å². The maximum atomic E-state index is 12.1. The van der Waals surface area contributed by atoms with E-state index in [9.17, 15) is 4.79 Å². The number of carbonyl (C=O) groups is 1. The third-order valence-corrected chi connectivity index (χ3v) is 4.16. The highest BCUT2D eigenvalue weighted by Crippen LogP contribution is 2.51. The van der Waals surface area contributed by atoms with Gasteiger partial charge in [0.2, 0.25) is 5.91 Å². The van der Waals surface area contributed by atoms with Gasteiger partial charge < -0.3 is 4.90 Å². The molecule has 20 heavy (non-hydrogen) atoms. The first-order valence-corrected chi connectivity index (χ1v) is 6.93. The average molecular weight is 261 g/mol. The number of carbonyl (C=O) groups excluding carboxylic acids is 1. The Morgan fingerprint density at radius 3 is 2.40 bits per heavy atom. The van der Waals surface area contributed by atoms with Crippen molar-refractivity contribution in [1.29, 1.82) is 0 Å². The number of fused-ring (bicyclic) bond motifs is 4. The van der Waals surface area contributed by atoms with Gasteiger partial charge in [0.25, 0.3) is 0 Å². The number of hydrogen-bond donors (Lipinski definition) is 0. The van der Waals surface area contributed by atoms with E-state index in [1.165, 1.54) is 27.8 Å². The number of allylic oxidation sites excluding steroid dienone is 2. The summed E-state index contributed by atoms with van der Waals surface area (Å²) in [5.74, 6) is 0.0944. The molecule has 4 rings (SSSR count). The molecule has 2 heteroatoms. The Labute approximate surface area is 118 Å². The monoisotopic (exact) mass is 261 g/mol. The highest BCUT2D eigenvalue weighted by molar-refractivity contribution is 6.12. The summed E-state index contributed by atoms with van der Waals surface area (Å²) in [5.41, 5.74) is 7.63. The minimum absolute atomic E-state index is 0.0944.